The van der Waals surface area contributed by atoms with Crippen molar-refractivity contribution in [1.82, 2.24) is 19.6 Å². The number of hydrogen-bond acceptors (Lipinski definition) is 5. The van der Waals surface area contributed by atoms with E-state index < -0.39 is 0 Å². The van der Waals surface area contributed by atoms with E-state index in [1.165, 1.54) is 36.0 Å². The lowest BCUT2D eigenvalue weighted by Gasteiger charge is -2.28. The molecular formula is C24H28N6. The molecule has 1 fully saturated rings. The van der Waals surface area contributed by atoms with Gasteiger partial charge in [0.2, 0.25) is 5.95 Å². The summed E-state index contributed by atoms with van der Waals surface area (Å²) >= 11 is 0. The average Bonchev–Trinajstić information content (AvgIpc) is 3.25. The molecule has 0 spiro atoms. The number of nitrogens with zero attached hydrogens (tertiary/aromatic N) is 5. The molecule has 1 aliphatic heterocycles. The van der Waals surface area contributed by atoms with Crippen LogP contribution in [0.25, 0.3) is 16.6 Å². The minimum atomic E-state index is 0.112. The van der Waals surface area contributed by atoms with E-state index in [9.17, 15) is 0 Å². The Kier molecular flexibility index (Phi) is 4.77. The fourth-order valence-corrected chi connectivity index (χ4v) is 4.51. The van der Waals surface area contributed by atoms with Gasteiger partial charge >= 0.3 is 0 Å². The number of piperidine rings is 1. The second-order valence-electron chi connectivity index (χ2n) is 8.42. The van der Waals surface area contributed by atoms with E-state index in [-0.39, 0.29) is 6.04 Å². The molecule has 1 saturated heterocycles. The lowest BCUT2D eigenvalue weighted by molar-refractivity contribution is 0.566. The Hall–Kier alpha value is -3.15. The molecule has 2 aromatic carbocycles. The van der Waals surface area contributed by atoms with Crippen molar-refractivity contribution in [3.8, 4) is 0 Å². The van der Waals surface area contributed by atoms with Crippen LogP contribution in [-0.2, 0) is 0 Å². The number of hydrogen-bond donors (Lipinski definition) is 1. The van der Waals surface area contributed by atoms with Gasteiger partial charge in [-0.1, -0.05) is 24.3 Å². The van der Waals surface area contributed by atoms with E-state index in [1.807, 2.05) is 0 Å². The van der Waals surface area contributed by atoms with Gasteiger partial charge in [-0.25, -0.2) is 4.98 Å². The summed E-state index contributed by atoms with van der Waals surface area (Å²) in [6.07, 6.45) is 5.49. The van der Waals surface area contributed by atoms with Gasteiger partial charge in [-0.05, 0) is 63.3 Å². The summed E-state index contributed by atoms with van der Waals surface area (Å²) in [6, 6.07) is 12.9. The van der Waals surface area contributed by atoms with E-state index in [2.05, 4.69) is 82.0 Å². The summed E-state index contributed by atoms with van der Waals surface area (Å²) in [7, 11) is 0. The lowest BCUT2D eigenvalue weighted by Crippen LogP contribution is -2.32. The molecule has 1 aliphatic rings. The molecule has 4 aromatic rings. The molecule has 0 bridgehead atoms. The highest BCUT2D eigenvalue weighted by molar-refractivity contribution is 5.95. The number of rotatable bonds is 4. The zero-order chi connectivity index (χ0) is 20.7. The Morgan fingerprint density at radius 3 is 2.63 bits per heavy atom. The van der Waals surface area contributed by atoms with Gasteiger partial charge in [-0.2, -0.15) is 0 Å². The van der Waals surface area contributed by atoms with Gasteiger partial charge in [0.25, 0.3) is 0 Å². The Morgan fingerprint density at radius 1 is 1.03 bits per heavy atom. The maximum atomic E-state index is 5.19. The molecule has 0 amide bonds. The first-order chi connectivity index (χ1) is 14.6. The molecule has 2 aromatic heterocycles. The monoisotopic (exact) mass is 400 g/mol. The van der Waals surface area contributed by atoms with Crippen LogP contribution in [0.1, 0.15) is 48.9 Å². The van der Waals surface area contributed by atoms with Crippen molar-refractivity contribution in [1.29, 1.82) is 0 Å². The van der Waals surface area contributed by atoms with E-state index in [0.29, 0.717) is 0 Å². The zero-order valence-electron chi connectivity index (χ0n) is 17.9. The Morgan fingerprint density at radius 2 is 1.83 bits per heavy atom. The number of anilines is 2. The number of aromatic nitrogens is 4. The molecule has 0 saturated carbocycles. The highest BCUT2D eigenvalue weighted by Gasteiger charge is 2.21. The van der Waals surface area contributed by atoms with Gasteiger partial charge in [-0.3, -0.25) is 4.40 Å². The number of aryl methyl sites for hydroxylation is 2. The van der Waals surface area contributed by atoms with Crippen molar-refractivity contribution in [3.63, 3.8) is 0 Å². The highest BCUT2D eigenvalue weighted by Crippen LogP contribution is 2.32. The Balaban J connectivity index is 1.67. The van der Waals surface area contributed by atoms with Crippen molar-refractivity contribution in [3.05, 3.63) is 59.4 Å². The highest BCUT2D eigenvalue weighted by atomic mass is 15.3. The summed E-state index contributed by atoms with van der Waals surface area (Å²) in [6.45, 7) is 8.54. The van der Waals surface area contributed by atoms with Gasteiger partial charge in [-0.15, -0.1) is 10.2 Å². The van der Waals surface area contributed by atoms with E-state index in [4.69, 9.17) is 4.98 Å². The van der Waals surface area contributed by atoms with Crippen molar-refractivity contribution >= 4 is 28.2 Å². The normalized spacial score (nSPS) is 15.6. The number of nitrogens with one attached hydrogen (secondary N) is 1. The Labute approximate surface area is 177 Å². The number of benzene rings is 2. The lowest BCUT2D eigenvalue weighted by atomic mass is 10.0. The van der Waals surface area contributed by atoms with Crippen molar-refractivity contribution < 1.29 is 0 Å². The smallest absolute Gasteiger partial charge is 0.213 e. The molecule has 154 valence electrons. The predicted octanol–water partition coefficient (Wildman–Crippen LogP) is 5.06. The van der Waals surface area contributed by atoms with Crippen LogP contribution in [0.5, 0.6) is 0 Å². The molecule has 5 rings (SSSR count). The van der Waals surface area contributed by atoms with Crippen LogP contribution in [0.15, 0.2) is 42.7 Å². The quantitative estimate of drug-likeness (QED) is 0.519. The Bertz CT molecular complexity index is 1210. The first-order valence-electron chi connectivity index (χ1n) is 10.8. The minimum absolute atomic E-state index is 0.112. The van der Waals surface area contributed by atoms with Gasteiger partial charge in [0.15, 0.2) is 5.65 Å². The van der Waals surface area contributed by atoms with Gasteiger partial charge < -0.3 is 10.2 Å². The SMILES string of the molecule is Cc1cc(C(C)Nc2ccccc2C)c2nc(N3CCCCC3)n3cnnc3c2c1. The first kappa shape index (κ1) is 18.9. The van der Waals surface area contributed by atoms with Crippen molar-refractivity contribution in [2.45, 2.75) is 46.1 Å². The molecule has 3 heterocycles. The topological polar surface area (TPSA) is 58.4 Å². The van der Waals surface area contributed by atoms with Crippen molar-refractivity contribution in [2.24, 2.45) is 0 Å². The summed E-state index contributed by atoms with van der Waals surface area (Å²) in [4.78, 5) is 7.57. The summed E-state index contributed by atoms with van der Waals surface area (Å²) < 4.78 is 2.05. The molecule has 30 heavy (non-hydrogen) atoms. The molecule has 0 radical (unpaired) electrons. The predicted molar refractivity (Wildman–Crippen MR) is 122 cm³/mol. The zero-order valence-corrected chi connectivity index (χ0v) is 17.9. The first-order valence-corrected chi connectivity index (χ1v) is 10.8. The molecular weight excluding hydrogens is 372 g/mol. The van der Waals surface area contributed by atoms with Crippen LogP contribution in [-0.4, -0.2) is 32.7 Å². The van der Waals surface area contributed by atoms with E-state index in [0.717, 1.165) is 41.3 Å². The van der Waals surface area contributed by atoms with Crippen LogP contribution in [0.4, 0.5) is 11.6 Å². The summed E-state index contributed by atoms with van der Waals surface area (Å²) in [5, 5.41) is 13.4. The third-order valence-corrected chi connectivity index (χ3v) is 6.12. The molecule has 0 aliphatic carbocycles. The van der Waals surface area contributed by atoms with Gasteiger partial charge in [0, 0.05) is 29.7 Å². The molecule has 1 unspecified atom stereocenters. The van der Waals surface area contributed by atoms with Gasteiger partial charge in [0.1, 0.15) is 6.33 Å². The van der Waals surface area contributed by atoms with Crippen LogP contribution in [0.3, 0.4) is 0 Å². The van der Waals surface area contributed by atoms with Crippen LogP contribution in [0.2, 0.25) is 0 Å². The van der Waals surface area contributed by atoms with E-state index in [1.54, 1.807) is 6.33 Å². The van der Waals surface area contributed by atoms with Crippen LogP contribution in [0, 0.1) is 13.8 Å². The molecule has 6 heteroatoms. The number of para-hydroxylation sites is 1. The third kappa shape index (κ3) is 3.26. The van der Waals surface area contributed by atoms with Gasteiger partial charge in [0.05, 0.1) is 11.6 Å². The largest absolute Gasteiger partial charge is 0.378 e. The van der Waals surface area contributed by atoms with Crippen LogP contribution >= 0.6 is 0 Å². The summed E-state index contributed by atoms with van der Waals surface area (Å²) in [5.41, 5.74) is 6.68. The average molecular weight is 401 g/mol. The minimum Gasteiger partial charge on any atom is -0.378 e. The molecule has 1 atom stereocenters. The fourth-order valence-electron chi connectivity index (χ4n) is 4.51. The third-order valence-electron chi connectivity index (χ3n) is 6.12. The second-order valence-corrected chi connectivity index (χ2v) is 8.42. The molecule has 6 nitrogen and oxygen atoms in total. The standard InChI is InChI=1S/C24H28N6/c1-16-13-19(18(3)26-21-10-6-5-9-17(21)2)22-20(14-16)23-28-25-15-30(23)24(27-22)29-11-7-4-8-12-29/h5-6,9-10,13-15,18,26H,4,7-8,11-12H2,1-3H3. The fraction of sp³-hybridized carbons (Fsp3) is 0.375. The molecule has 1 N–H and O–H groups in total. The van der Waals surface area contributed by atoms with Crippen LogP contribution < -0.4 is 10.2 Å². The maximum Gasteiger partial charge on any atom is 0.213 e. The van der Waals surface area contributed by atoms with Crippen molar-refractivity contribution in [2.75, 3.05) is 23.3 Å². The summed E-state index contributed by atoms with van der Waals surface area (Å²) in [5.74, 6) is 0.954. The maximum absolute atomic E-state index is 5.19. The van der Waals surface area contributed by atoms with E-state index >= 15 is 0 Å². The second kappa shape index (κ2) is 7.59. The number of fused-ring (bicyclic) bond motifs is 3.